The molecule has 1 fully saturated rings. The summed E-state index contributed by atoms with van der Waals surface area (Å²) in [4.78, 5) is 11.4. The largest absolute Gasteiger partial charge is 0.353 e. The van der Waals surface area contributed by atoms with E-state index in [2.05, 4.69) is 5.32 Å². The lowest BCUT2D eigenvalue weighted by molar-refractivity contribution is -0.121. The van der Waals surface area contributed by atoms with E-state index in [4.69, 9.17) is 0 Å². The molecule has 1 N–H and O–H groups in total. The van der Waals surface area contributed by atoms with Crippen LogP contribution in [-0.2, 0) is 11.2 Å². The van der Waals surface area contributed by atoms with Gasteiger partial charge in [-0.15, -0.1) is 0 Å². The van der Waals surface area contributed by atoms with Gasteiger partial charge < -0.3 is 5.32 Å². The number of halogens is 2. The molecule has 92 valence electrons. The zero-order chi connectivity index (χ0) is 12.3. The number of amides is 1. The fourth-order valence-corrected chi connectivity index (χ4v) is 2.15. The van der Waals surface area contributed by atoms with Gasteiger partial charge in [-0.2, -0.15) is 0 Å². The summed E-state index contributed by atoms with van der Waals surface area (Å²) in [5, 5.41) is 2.87. The van der Waals surface area contributed by atoms with Crippen molar-refractivity contribution < 1.29 is 13.6 Å². The van der Waals surface area contributed by atoms with Crippen LogP contribution in [0.5, 0.6) is 0 Å². The van der Waals surface area contributed by atoms with Gasteiger partial charge in [0.1, 0.15) is 11.6 Å². The van der Waals surface area contributed by atoms with Gasteiger partial charge in [-0.25, -0.2) is 8.78 Å². The molecule has 17 heavy (non-hydrogen) atoms. The van der Waals surface area contributed by atoms with Crippen molar-refractivity contribution in [3.63, 3.8) is 0 Å². The van der Waals surface area contributed by atoms with E-state index in [9.17, 15) is 13.6 Å². The second-order valence-electron chi connectivity index (χ2n) is 4.45. The Labute approximate surface area is 99.0 Å². The number of hydrogen-bond donors (Lipinski definition) is 1. The molecule has 2 rings (SSSR count). The van der Waals surface area contributed by atoms with Crippen LogP contribution in [0, 0.1) is 11.6 Å². The summed E-state index contributed by atoms with van der Waals surface area (Å²) in [6.07, 6.45) is 3.67. The van der Waals surface area contributed by atoms with Crippen molar-refractivity contribution in [2.45, 2.75) is 38.1 Å². The molecule has 0 spiro atoms. The van der Waals surface area contributed by atoms with Crippen LogP contribution < -0.4 is 5.32 Å². The molecule has 1 aromatic rings. The molecule has 0 radical (unpaired) electrons. The third-order valence-electron chi connectivity index (χ3n) is 3.05. The standard InChI is InChI=1S/C13H15F2NO/c14-10-6-5-9(12(15)8-10)7-11-3-1-2-4-13(17)16-11/h5-6,8,11H,1-4,7H2,(H,16,17). The van der Waals surface area contributed by atoms with Crippen LogP contribution in [0.3, 0.4) is 0 Å². The monoisotopic (exact) mass is 239 g/mol. The molecule has 1 aliphatic heterocycles. The van der Waals surface area contributed by atoms with E-state index in [-0.39, 0.29) is 11.9 Å². The van der Waals surface area contributed by atoms with E-state index in [1.165, 1.54) is 12.1 Å². The van der Waals surface area contributed by atoms with Gasteiger partial charge in [-0.1, -0.05) is 12.5 Å². The maximum atomic E-state index is 13.5. The van der Waals surface area contributed by atoms with Gasteiger partial charge in [0.15, 0.2) is 0 Å². The van der Waals surface area contributed by atoms with Gasteiger partial charge in [-0.3, -0.25) is 4.79 Å². The Hall–Kier alpha value is -1.45. The quantitative estimate of drug-likeness (QED) is 0.844. The second-order valence-corrected chi connectivity index (χ2v) is 4.45. The van der Waals surface area contributed by atoms with E-state index >= 15 is 0 Å². The maximum absolute atomic E-state index is 13.5. The Kier molecular flexibility index (Phi) is 3.71. The smallest absolute Gasteiger partial charge is 0.220 e. The Bertz CT molecular complexity index is 420. The zero-order valence-electron chi connectivity index (χ0n) is 9.51. The molecule has 1 saturated heterocycles. The SMILES string of the molecule is O=C1CCCCC(Cc2ccc(F)cc2F)N1. The first-order valence-corrected chi connectivity index (χ1v) is 5.88. The molecule has 2 nitrogen and oxygen atoms in total. The van der Waals surface area contributed by atoms with Crippen molar-refractivity contribution in [3.05, 3.63) is 35.4 Å². The fraction of sp³-hybridized carbons (Fsp3) is 0.462. The highest BCUT2D eigenvalue weighted by Crippen LogP contribution is 2.16. The Balaban J connectivity index is 2.06. The molecule has 1 amide bonds. The number of carbonyl (C=O) groups is 1. The first-order chi connectivity index (χ1) is 8.15. The van der Waals surface area contributed by atoms with Crippen LogP contribution in [0.2, 0.25) is 0 Å². The highest BCUT2D eigenvalue weighted by atomic mass is 19.1. The van der Waals surface area contributed by atoms with Gasteiger partial charge in [-0.05, 0) is 30.9 Å². The summed E-state index contributed by atoms with van der Waals surface area (Å²) < 4.78 is 26.2. The number of nitrogens with one attached hydrogen (secondary N) is 1. The van der Waals surface area contributed by atoms with Gasteiger partial charge in [0.05, 0.1) is 0 Å². The van der Waals surface area contributed by atoms with Crippen molar-refractivity contribution in [1.82, 2.24) is 5.32 Å². The van der Waals surface area contributed by atoms with Gasteiger partial charge >= 0.3 is 0 Å². The molecule has 1 aromatic carbocycles. The molecule has 4 heteroatoms. The predicted molar refractivity (Wildman–Crippen MR) is 60.5 cm³/mol. The molecule has 1 heterocycles. The first-order valence-electron chi connectivity index (χ1n) is 5.88. The van der Waals surface area contributed by atoms with E-state index in [0.29, 0.717) is 18.4 Å². The summed E-state index contributed by atoms with van der Waals surface area (Å²) in [7, 11) is 0. The maximum Gasteiger partial charge on any atom is 0.220 e. The number of rotatable bonds is 2. The third kappa shape index (κ3) is 3.25. The zero-order valence-corrected chi connectivity index (χ0v) is 9.51. The normalized spacial score (nSPS) is 20.8. The summed E-state index contributed by atoms with van der Waals surface area (Å²) in [5.74, 6) is -1.09. The lowest BCUT2D eigenvalue weighted by Crippen LogP contribution is -2.34. The van der Waals surface area contributed by atoms with Gasteiger partial charge in [0, 0.05) is 18.5 Å². The lowest BCUT2D eigenvalue weighted by Gasteiger charge is -2.16. The van der Waals surface area contributed by atoms with Crippen molar-refractivity contribution in [2.75, 3.05) is 0 Å². The predicted octanol–water partition coefficient (Wildman–Crippen LogP) is 2.57. The molecule has 0 saturated carbocycles. The van der Waals surface area contributed by atoms with Crippen LogP contribution in [0.15, 0.2) is 18.2 Å². The van der Waals surface area contributed by atoms with Crippen molar-refractivity contribution >= 4 is 5.91 Å². The van der Waals surface area contributed by atoms with Crippen LogP contribution >= 0.6 is 0 Å². The van der Waals surface area contributed by atoms with Gasteiger partial charge in [0.25, 0.3) is 0 Å². The fourth-order valence-electron chi connectivity index (χ4n) is 2.15. The minimum Gasteiger partial charge on any atom is -0.353 e. The summed E-state index contributed by atoms with van der Waals surface area (Å²) in [6, 6.07) is 3.54. The Morgan fingerprint density at radius 1 is 1.29 bits per heavy atom. The molecule has 1 atom stereocenters. The van der Waals surface area contributed by atoms with Crippen LogP contribution in [0.25, 0.3) is 0 Å². The van der Waals surface area contributed by atoms with Gasteiger partial charge in [0.2, 0.25) is 5.91 Å². The molecule has 1 aliphatic rings. The molecular weight excluding hydrogens is 224 g/mol. The molecule has 0 aromatic heterocycles. The summed E-state index contributed by atoms with van der Waals surface area (Å²) in [6.45, 7) is 0. The van der Waals surface area contributed by atoms with Crippen molar-refractivity contribution in [2.24, 2.45) is 0 Å². The lowest BCUT2D eigenvalue weighted by atomic mass is 10.0. The number of carbonyl (C=O) groups excluding carboxylic acids is 1. The molecular formula is C13H15F2NO. The average Bonchev–Trinajstić information content (AvgIpc) is 2.47. The van der Waals surface area contributed by atoms with Crippen LogP contribution in [0.1, 0.15) is 31.2 Å². The summed E-state index contributed by atoms with van der Waals surface area (Å²) in [5.41, 5.74) is 0.457. The average molecular weight is 239 g/mol. The molecule has 1 unspecified atom stereocenters. The highest BCUT2D eigenvalue weighted by Gasteiger charge is 2.18. The topological polar surface area (TPSA) is 29.1 Å². The number of hydrogen-bond acceptors (Lipinski definition) is 1. The Morgan fingerprint density at radius 3 is 2.88 bits per heavy atom. The van der Waals surface area contributed by atoms with Crippen LogP contribution in [-0.4, -0.2) is 11.9 Å². The number of benzene rings is 1. The molecule has 0 aliphatic carbocycles. The second kappa shape index (κ2) is 5.25. The minimum absolute atomic E-state index is 0.0232. The minimum atomic E-state index is -0.573. The van der Waals surface area contributed by atoms with E-state index in [1.807, 2.05) is 0 Å². The van der Waals surface area contributed by atoms with Crippen LogP contribution in [0.4, 0.5) is 8.78 Å². The van der Waals surface area contributed by atoms with Crippen molar-refractivity contribution in [1.29, 1.82) is 0 Å². The first kappa shape index (κ1) is 12.0. The molecule has 0 bridgehead atoms. The third-order valence-corrected chi connectivity index (χ3v) is 3.05. The summed E-state index contributed by atoms with van der Waals surface area (Å²) >= 11 is 0. The van der Waals surface area contributed by atoms with E-state index in [1.54, 1.807) is 0 Å². The van der Waals surface area contributed by atoms with Crippen molar-refractivity contribution in [3.8, 4) is 0 Å². The van der Waals surface area contributed by atoms with E-state index < -0.39 is 11.6 Å². The van der Waals surface area contributed by atoms with E-state index in [0.717, 1.165) is 25.3 Å². The Morgan fingerprint density at radius 2 is 2.12 bits per heavy atom. The highest BCUT2D eigenvalue weighted by molar-refractivity contribution is 5.76.